The normalized spacial score (nSPS) is 33.2. The molecule has 0 radical (unpaired) electrons. The Labute approximate surface area is 55.4 Å². The second-order valence-corrected chi connectivity index (χ2v) is 3.25. The van der Waals surface area contributed by atoms with Gasteiger partial charge >= 0.3 is 0 Å². The summed E-state index contributed by atoms with van der Waals surface area (Å²) in [5.74, 6) is 0. The van der Waals surface area contributed by atoms with Crippen molar-refractivity contribution in [2.75, 3.05) is 0 Å². The molecule has 0 aromatic heterocycles. The van der Waals surface area contributed by atoms with Crippen molar-refractivity contribution < 1.29 is 5.11 Å². The Morgan fingerprint density at radius 1 is 1.67 bits per heavy atom. The van der Waals surface area contributed by atoms with Crippen molar-refractivity contribution in [3.63, 3.8) is 0 Å². The van der Waals surface area contributed by atoms with E-state index in [9.17, 15) is 5.11 Å². The molecule has 2 nitrogen and oxygen atoms in total. The van der Waals surface area contributed by atoms with Crippen LogP contribution in [0.25, 0.3) is 0 Å². The van der Waals surface area contributed by atoms with Crippen molar-refractivity contribution in [3.05, 3.63) is 0 Å². The predicted molar refractivity (Wildman–Crippen MR) is 36.7 cm³/mol. The summed E-state index contributed by atoms with van der Waals surface area (Å²) in [6, 6.07) is 0. The number of hydrogen-bond acceptors (Lipinski definition) is 2. The lowest BCUT2D eigenvalue weighted by atomic mass is 9.88. The number of aliphatic hydroxyl groups excluding tert-OH is 1. The van der Waals surface area contributed by atoms with Crippen LogP contribution in [-0.4, -0.2) is 16.9 Å². The van der Waals surface area contributed by atoms with Gasteiger partial charge in [-0.1, -0.05) is 13.8 Å². The van der Waals surface area contributed by atoms with E-state index in [-0.39, 0.29) is 11.5 Å². The van der Waals surface area contributed by atoms with Crippen LogP contribution < -0.4 is 0 Å². The summed E-state index contributed by atoms with van der Waals surface area (Å²) in [5, 5.41) is 16.7. The average molecular weight is 127 g/mol. The summed E-state index contributed by atoms with van der Waals surface area (Å²) in [6.45, 7) is 3.85. The van der Waals surface area contributed by atoms with Gasteiger partial charge in [0.25, 0.3) is 0 Å². The first-order valence-corrected chi connectivity index (χ1v) is 3.31. The highest BCUT2D eigenvalue weighted by atomic mass is 16.3. The largest absolute Gasteiger partial charge is 0.392 e. The third-order valence-electron chi connectivity index (χ3n) is 2.28. The van der Waals surface area contributed by atoms with E-state index >= 15 is 0 Å². The SMILES string of the molecule is CC1(C)C(=N)CCC1O. The summed E-state index contributed by atoms with van der Waals surface area (Å²) in [7, 11) is 0. The van der Waals surface area contributed by atoms with Crippen molar-refractivity contribution >= 4 is 5.71 Å². The second-order valence-electron chi connectivity index (χ2n) is 3.25. The van der Waals surface area contributed by atoms with Crippen LogP contribution in [0, 0.1) is 10.8 Å². The van der Waals surface area contributed by atoms with E-state index in [1.165, 1.54) is 0 Å². The molecular formula is C7H13NO. The molecule has 0 aromatic carbocycles. The van der Waals surface area contributed by atoms with Gasteiger partial charge in [0.15, 0.2) is 0 Å². The first-order chi connectivity index (χ1) is 4.05. The molecule has 0 amide bonds. The minimum atomic E-state index is -0.287. The fourth-order valence-corrected chi connectivity index (χ4v) is 1.17. The van der Waals surface area contributed by atoms with Gasteiger partial charge in [-0.2, -0.15) is 0 Å². The zero-order valence-corrected chi connectivity index (χ0v) is 5.94. The maximum atomic E-state index is 9.29. The van der Waals surface area contributed by atoms with Crippen LogP contribution in [0.4, 0.5) is 0 Å². The first-order valence-electron chi connectivity index (χ1n) is 3.31. The quantitative estimate of drug-likeness (QED) is 0.504. The maximum absolute atomic E-state index is 9.29. The van der Waals surface area contributed by atoms with Crippen molar-refractivity contribution in [2.45, 2.75) is 32.8 Å². The van der Waals surface area contributed by atoms with Gasteiger partial charge in [0.1, 0.15) is 0 Å². The summed E-state index contributed by atoms with van der Waals surface area (Å²) in [4.78, 5) is 0. The molecule has 0 aliphatic heterocycles. The number of aliphatic hydroxyl groups is 1. The molecule has 1 aliphatic carbocycles. The van der Waals surface area contributed by atoms with E-state index in [1.54, 1.807) is 0 Å². The molecule has 2 N–H and O–H groups in total. The Balaban J connectivity index is 2.78. The molecule has 1 rings (SSSR count). The minimum Gasteiger partial charge on any atom is -0.392 e. The average Bonchev–Trinajstić information content (AvgIpc) is 1.96. The predicted octanol–water partition coefficient (Wildman–Crippen LogP) is 1.19. The van der Waals surface area contributed by atoms with Crippen molar-refractivity contribution in [1.29, 1.82) is 5.41 Å². The minimum absolute atomic E-state index is 0.250. The molecule has 1 atom stereocenters. The Kier molecular flexibility index (Phi) is 1.35. The van der Waals surface area contributed by atoms with Crippen molar-refractivity contribution in [1.82, 2.24) is 0 Å². The van der Waals surface area contributed by atoms with Gasteiger partial charge in [-0.15, -0.1) is 0 Å². The molecule has 9 heavy (non-hydrogen) atoms. The van der Waals surface area contributed by atoms with E-state index in [2.05, 4.69) is 0 Å². The third kappa shape index (κ3) is 0.874. The number of hydrogen-bond donors (Lipinski definition) is 2. The van der Waals surface area contributed by atoms with Crippen LogP contribution in [0.15, 0.2) is 0 Å². The van der Waals surface area contributed by atoms with E-state index < -0.39 is 0 Å². The Bertz CT molecular complexity index is 140. The highest BCUT2D eigenvalue weighted by Gasteiger charge is 2.37. The standard InChI is InChI=1S/C7H13NO/c1-7(2)5(8)3-4-6(7)9/h6,8-9H,3-4H2,1-2H3. The Morgan fingerprint density at radius 3 is 2.33 bits per heavy atom. The summed E-state index contributed by atoms with van der Waals surface area (Å²) < 4.78 is 0. The topological polar surface area (TPSA) is 44.1 Å². The summed E-state index contributed by atoms with van der Waals surface area (Å²) in [5.41, 5.74) is 0.440. The Hall–Kier alpha value is -0.370. The van der Waals surface area contributed by atoms with Gasteiger partial charge in [0.2, 0.25) is 0 Å². The monoisotopic (exact) mass is 127 g/mol. The lowest BCUT2D eigenvalue weighted by Crippen LogP contribution is -2.28. The molecule has 1 fully saturated rings. The lowest BCUT2D eigenvalue weighted by molar-refractivity contribution is 0.106. The summed E-state index contributed by atoms with van der Waals surface area (Å²) >= 11 is 0. The zero-order valence-electron chi connectivity index (χ0n) is 5.94. The zero-order chi connectivity index (χ0) is 7.07. The molecule has 0 bridgehead atoms. The lowest BCUT2D eigenvalue weighted by Gasteiger charge is -2.21. The van der Waals surface area contributed by atoms with Gasteiger partial charge in [0, 0.05) is 11.1 Å². The van der Waals surface area contributed by atoms with Crippen LogP contribution in [0.2, 0.25) is 0 Å². The molecule has 2 heteroatoms. The molecular weight excluding hydrogens is 114 g/mol. The van der Waals surface area contributed by atoms with Gasteiger partial charge in [-0.3, -0.25) is 0 Å². The fourth-order valence-electron chi connectivity index (χ4n) is 1.17. The molecule has 0 aromatic rings. The van der Waals surface area contributed by atoms with Gasteiger partial charge < -0.3 is 10.5 Å². The van der Waals surface area contributed by atoms with E-state index in [4.69, 9.17) is 5.41 Å². The van der Waals surface area contributed by atoms with E-state index in [0.29, 0.717) is 5.71 Å². The smallest absolute Gasteiger partial charge is 0.0646 e. The molecule has 0 heterocycles. The Morgan fingerprint density at radius 2 is 2.22 bits per heavy atom. The highest BCUT2D eigenvalue weighted by molar-refractivity contribution is 5.89. The highest BCUT2D eigenvalue weighted by Crippen LogP contribution is 2.33. The number of nitrogens with one attached hydrogen (secondary N) is 1. The van der Waals surface area contributed by atoms with E-state index in [1.807, 2.05) is 13.8 Å². The van der Waals surface area contributed by atoms with E-state index in [0.717, 1.165) is 12.8 Å². The summed E-state index contributed by atoms with van der Waals surface area (Å²) in [6.07, 6.45) is 1.25. The third-order valence-corrected chi connectivity index (χ3v) is 2.28. The fraction of sp³-hybridized carbons (Fsp3) is 0.857. The van der Waals surface area contributed by atoms with Gasteiger partial charge in [0.05, 0.1) is 6.10 Å². The first kappa shape index (κ1) is 6.75. The van der Waals surface area contributed by atoms with Crippen LogP contribution >= 0.6 is 0 Å². The molecule has 1 saturated carbocycles. The second kappa shape index (κ2) is 1.81. The van der Waals surface area contributed by atoms with Crippen LogP contribution in [0.5, 0.6) is 0 Å². The number of rotatable bonds is 0. The molecule has 1 unspecified atom stereocenters. The molecule has 0 spiro atoms. The molecule has 52 valence electrons. The molecule has 1 aliphatic rings. The van der Waals surface area contributed by atoms with Crippen molar-refractivity contribution in [2.24, 2.45) is 5.41 Å². The van der Waals surface area contributed by atoms with Gasteiger partial charge in [-0.25, -0.2) is 0 Å². The maximum Gasteiger partial charge on any atom is 0.0646 e. The molecule has 0 saturated heterocycles. The van der Waals surface area contributed by atoms with Crippen LogP contribution in [0.3, 0.4) is 0 Å². The van der Waals surface area contributed by atoms with Crippen LogP contribution in [0.1, 0.15) is 26.7 Å². The van der Waals surface area contributed by atoms with Crippen LogP contribution in [-0.2, 0) is 0 Å². The van der Waals surface area contributed by atoms with Crippen molar-refractivity contribution in [3.8, 4) is 0 Å². The van der Waals surface area contributed by atoms with Gasteiger partial charge in [-0.05, 0) is 12.8 Å².